The van der Waals surface area contributed by atoms with Crippen LogP contribution in [0.25, 0.3) is 53.7 Å². The van der Waals surface area contributed by atoms with Crippen molar-refractivity contribution in [3.8, 4) is 22.6 Å². The molecule has 52 heavy (non-hydrogen) atoms. The number of ketones is 1. The largest absolute Gasteiger partial charge is 0.512 e. The van der Waals surface area contributed by atoms with Crippen LogP contribution in [0, 0.1) is 43.0 Å². The van der Waals surface area contributed by atoms with E-state index in [9.17, 15) is 9.90 Å². The fourth-order valence-corrected chi connectivity index (χ4v) is 8.09. The fraction of sp³-hybridized carbons (Fsp3) is 0.378. The standard InChI is InChI=1S/C32H27FNOS.C13H24O2.Ir/c1-18-12-19(2)14-22(13-18)29-31-24(10-11-34-29)23-8-9-25(28(33)30(23)36-31)27-16-21-7-6-20(15-26(21)35-27)17-32(3,4)5;1-5-10(6-2)12(14)9-13(15)11(7-3)8-4;/h6-13,15-16H,17H2,1-5H3;9-11,14H,5-8H2,1-4H3;/q-1;;/b;12-9-;. The summed E-state index contributed by atoms with van der Waals surface area (Å²) >= 11 is 1.45. The van der Waals surface area contributed by atoms with Gasteiger partial charge in [-0.3, -0.25) is 4.79 Å². The molecule has 0 unspecified atom stereocenters. The second kappa shape index (κ2) is 17.5. The third-order valence-corrected chi connectivity index (χ3v) is 10.8. The van der Waals surface area contributed by atoms with Crippen LogP contribution < -0.4 is 0 Å². The van der Waals surface area contributed by atoms with Gasteiger partial charge < -0.3 is 14.5 Å². The van der Waals surface area contributed by atoms with Crippen LogP contribution >= 0.6 is 11.3 Å². The number of carbonyl (C=O) groups excluding carboxylic acids is 1. The molecule has 3 heterocycles. The number of aromatic nitrogens is 1. The number of allylic oxidation sites excluding steroid dienone is 2. The number of hydrogen-bond donors (Lipinski definition) is 1. The van der Waals surface area contributed by atoms with Gasteiger partial charge >= 0.3 is 0 Å². The Balaban J connectivity index is 0.000000323. The number of fused-ring (bicyclic) bond motifs is 4. The van der Waals surface area contributed by atoms with Crippen LogP contribution in [-0.4, -0.2) is 15.9 Å². The van der Waals surface area contributed by atoms with Crippen LogP contribution in [0.1, 0.15) is 90.8 Å². The molecule has 1 radical (unpaired) electrons. The van der Waals surface area contributed by atoms with Gasteiger partial charge in [0, 0.05) is 65.4 Å². The predicted octanol–water partition coefficient (Wildman–Crippen LogP) is 13.5. The van der Waals surface area contributed by atoms with Crippen molar-refractivity contribution in [2.75, 3.05) is 0 Å². The van der Waals surface area contributed by atoms with Crippen molar-refractivity contribution in [1.29, 1.82) is 0 Å². The second-order valence-electron chi connectivity index (χ2n) is 14.9. The van der Waals surface area contributed by atoms with Gasteiger partial charge in [-0.05, 0) is 72.7 Å². The molecule has 0 spiro atoms. The first kappa shape index (κ1) is 41.1. The number of aliphatic hydroxyl groups excluding tert-OH is 1. The van der Waals surface area contributed by atoms with E-state index in [1.54, 1.807) is 6.20 Å². The number of furan rings is 1. The first-order valence-electron chi connectivity index (χ1n) is 18.2. The Kier molecular flexibility index (Phi) is 13.8. The Bertz CT molecular complexity index is 2180. The molecular formula is C45H51FIrNO3S-. The van der Waals surface area contributed by atoms with Crippen molar-refractivity contribution in [3.05, 3.63) is 101 Å². The normalized spacial score (nSPS) is 12.1. The summed E-state index contributed by atoms with van der Waals surface area (Å²) in [6, 6.07) is 21.6. The monoisotopic (exact) mass is 897 g/mol. The average Bonchev–Trinajstić information content (AvgIpc) is 3.67. The molecule has 0 aliphatic rings. The van der Waals surface area contributed by atoms with Crippen LogP contribution in [0.15, 0.2) is 77.0 Å². The van der Waals surface area contributed by atoms with E-state index in [1.807, 2.05) is 58.9 Å². The maximum Gasteiger partial charge on any atom is 0.162 e. The summed E-state index contributed by atoms with van der Waals surface area (Å²) in [5.74, 6) is 0.847. The van der Waals surface area contributed by atoms with Gasteiger partial charge in [-0.25, -0.2) is 4.39 Å². The fourth-order valence-electron chi connectivity index (χ4n) is 6.85. The summed E-state index contributed by atoms with van der Waals surface area (Å²) in [6.07, 6.45) is 7.66. The molecule has 0 aliphatic heterocycles. The number of carbonyl (C=O) groups is 1. The molecule has 0 fully saturated rings. The van der Waals surface area contributed by atoms with E-state index in [0.717, 1.165) is 80.9 Å². The Morgan fingerprint density at radius 2 is 1.60 bits per heavy atom. The average molecular weight is 897 g/mol. The van der Waals surface area contributed by atoms with Crippen molar-refractivity contribution in [1.82, 2.24) is 4.98 Å². The molecule has 0 amide bonds. The molecule has 3 aromatic carbocycles. The molecule has 1 N–H and O–H groups in total. The zero-order chi connectivity index (χ0) is 37.0. The number of thiophene rings is 1. The molecule has 0 saturated heterocycles. The van der Waals surface area contributed by atoms with Crippen LogP contribution in [0.2, 0.25) is 0 Å². The number of pyridine rings is 1. The minimum atomic E-state index is -0.252. The number of nitrogens with zero attached hydrogens (tertiary/aromatic N) is 1. The number of hydrogen-bond acceptors (Lipinski definition) is 5. The Morgan fingerprint density at radius 3 is 2.23 bits per heavy atom. The number of halogens is 1. The Hall–Kier alpha value is -3.64. The Labute approximate surface area is 325 Å². The molecule has 6 rings (SSSR count). The van der Waals surface area contributed by atoms with Gasteiger partial charge in [-0.15, -0.1) is 46.2 Å². The molecule has 3 aromatic heterocycles. The zero-order valence-electron chi connectivity index (χ0n) is 31.9. The summed E-state index contributed by atoms with van der Waals surface area (Å²) in [6.45, 7) is 18.8. The molecule has 7 heteroatoms. The maximum atomic E-state index is 16.0. The quantitative estimate of drug-likeness (QED) is 0.0845. The molecule has 6 aromatic rings. The number of aryl methyl sites for hydroxylation is 2. The van der Waals surface area contributed by atoms with Crippen molar-refractivity contribution in [2.45, 2.75) is 94.4 Å². The Morgan fingerprint density at radius 1 is 0.923 bits per heavy atom. The van der Waals surface area contributed by atoms with Crippen LogP contribution in [0.4, 0.5) is 4.39 Å². The van der Waals surface area contributed by atoms with Gasteiger partial charge in [-0.1, -0.05) is 80.5 Å². The van der Waals surface area contributed by atoms with Crippen molar-refractivity contribution in [3.63, 3.8) is 0 Å². The minimum Gasteiger partial charge on any atom is -0.512 e. The molecule has 0 aliphatic carbocycles. The van der Waals surface area contributed by atoms with Crippen molar-refractivity contribution in [2.24, 2.45) is 17.3 Å². The van der Waals surface area contributed by atoms with Gasteiger partial charge in [0.15, 0.2) is 11.6 Å². The van der Waals surface area contributed by atoms with Gasteiger partial charge in [0.05, 0.1) is 16.0 Å². The van der Waals surface area contributed by atoms with E-state index < -0.39 is 0 Å². The topological polar surface area (TPSA) is 63.3 Å². The van der Waals surface area contributed by atoms with Gasteiger partial charge in [0.1, 0.15) is 11.3 Å². The summed E-state index contributed by atoms with van der Waals surface area (Å²) in [7, 11) is 0. The van der Waals surface area contributed by atoms with Gasteiger partial charge in [0.2, 0.25) is 0 Å². The smallest absolute Gasteiger partial charge is 0.162 e. The van der Waals surface area contributed by atoms with Gasteiger partial charge in [0.25, 0.3) is 0 Å². The summed E-state index contributed by atoms with van der Waals surface area (Å²) in [5.41, 5.74) is 6.68. The second-order valence-corrected chi connectivity index (χ2v) is 15.9. The van der Waals surface area contributed by atoms with Crippen molar-refractivity contribution < 1.29 is 38.8 Å². The minimum absolute atomic E-state index is 0. The first-order valence-corrected chi connectivity index (χ1v) is 19.1. The molecule has 4 nitrogen and oxygen atoms in total. The molecule has 277 valence electrons. The van der Waals surface area contributed by atoms with E-state index in [4.69, 9.17) is 4.42 Å². The molecule has 0 bridgehead atoms. The van der Waals surface area contributed by atoms with E-state index >= 15 is 4.39 Å². The SMILES string of the molecule is CCC(CC)C(=O)/C=C(\O)C(CC)CC.Cc1[c-]c(-c2nccc3c2sc2c(F)c(-c4cc5ccc(CC(C)(C)C)cc5o4)ccc23)cc(C)c1.[Ir]. The van der Waals surface area contributed by atoms with E-state index in [2.05, 4.69) is 69.1 Å². The van der Waals surface area contributed by atoms with Crippen LogP contribution in [-0.2, 0) is 31.3 Å². The molecule has 0 atom stereocenters. The summed E-state index contributed by atoms with van der Waals surface area (Å²) < 4.78 is 23.8. The first-order chi connectivity index (χ1) is 24.3. The number of rotatable bonds is 10. The third kappa shape index (κ3) is 9.28. The van der Waals surface area contributed by atoms with Crippen LogP contribution in [0.3, 0.4) is 0 Å². The summed E-state index contributed by atoms with van der Waals surface area (Å²) in [4.78, 5) is 16.4. The third-order valence-electron chi connectivity index (χ3n) is 9.57. The molecular weight excluding hydrogens is 846 g/mol. The van der Waals surface area contributed by atoms with E-state index in [1.165, 1.54) is 23.0 Å². The number of aliphatic hydroxyl groups is 1. The van der Waals surface area contributed by atoms with Crippen LogP contribution in [0.5, 0.6) is 0 Å². The van der Waals surface area contributed by atoms with E-state index in [0.29, 0.717) is 16.0 Å². The number of benzene rings is 3. The summed E-state index contributed by atoms with van der Waals surface area (Å²) in [5, 5.41) is 12.6. The molecule has 0 saturated carbocycles. The maximum absolute atomic E-state index is 16.0. The van der Waals surface area contributed by atoms with E-state index in [-0.39, 0.29) is 54.7 Å². The van der Waals surface area contributed by atoms with Crippen molar-refractivity contribution >= 4 is 48.3 Å². The zero-order valence-corrected chi connectivity index (χ0v) is 35.1. The van der Waals surface area contributed by atoms with Gasteiger partial charge in [-0.2, -0.15) is 0 Å². The predicted molar refractivity (Wildman–Crippen MR) is 213 cm³/mol.